The minimum atomic E-state index is -0.513. The van der Waals surface area contributed by atoms with Gasteiger partial charge in [0, 0.05) is 0 Å². The second kappa shape index (κ2) is 5.90. The fourth-order valence-electron chi connectivity index (χ4n) is 3.56. The molecule has 2 fully saturated rings. The zero-order valence-corrected chi connectivity index (χ0v) is 13.1. The molecule has 2 aliphatic rings. The molecule has 0 bridgehead atoms. The lowest BCUT2D eigenvalue weighted by Gasteiger charge is -2.45. The zero-order chi connectivity index (χ0) is 14.8. The van der Waals surface area contributed by atoms with Crippen molar-refractivity contribution in [1.82, 2.24) is 10.3 Å². The van der Waals surface area contributed by atoms with Crippen LogP contribution in [-0.4, -0.2) is 28.9 Å². The Labute approximate surface area is 122 Å². The van der Waals surface area contributed by atoms with E-state index in [0.29, 0.717) is 5.92 Å². The SMILES string of the molecule is CC(C)(C)OC(=O)N(N)C1(C2CCCCC2)CCCN1. The van der Waals surface area contributed by atoms with Crippen LogP contribution in [0.4, 0.5) is 4.79 Å². The molecule has 1 heterocycles. The molecular formula is C15H29N3O2. The number of hydrogen-bond acceptors (Lipinski definition) is 4. The molecule has 1 saturated heterocycles. The maximum Gasteiger partial charge on any atom is 0.426 e. The Morgan fingerprint density at radius 2 is 1.90 bits per heavy atom. The number of carbonyl (C=O) groups is 1. The Morgan fingerprint density at radius 3 is 2.40 bits per heavy atom. The van der Waals surface area contributed by atoms with Gasteiger partial charge in [0.1, 0.15) is 11.3 Å². The van der Waals surface area contributed by atoms with Crippen molar-refractivity contribution in [2.75, 3.05) is 6.54 Å². The van der Waals surface area contributed by atoms with Gasteiger partial charge in [0.25, 0.3) is 0 Å². The Bertz CT molecular complexity index is 340. The molecule has 0 radical (unpaired) electrons. The average Bonchev–Trinajstić information content (AvgIpc) is 2.87. The number of rotatable bonds is 2. The highest BCUT2D eigenvalue weighted by molar-refractivity contribution is 5.68. The van der Waals surface area contributed by atoms with Crippen LogP contribution >= 0.6 is 0 Å². The number of nitrogens with one attached hydrogen (secondary N) is 1. The van der Waals surface area contributed by atoms with Gasteiger partial charge in [0.15, 0.2) is 0 Å². The Morgan fingerprint density at radius 1 is 1.25 bits per heavy atom. The monoisotopic (exact) mass is 283 g/mol. The summed E-state index contributed by atoms with van der Waals surface area (Å²) in [5.41, 5.74) is -0.913. The first-order chi connectivity index (χ1) is 9.35. The van der Waals surface area contributed by atoms with Crippen LogP contribution in [0.1, 0.15) is 65.7 Å². The molecule has 5 nitrogen and oxygen atoms in total. The predicted molar refractivity (Wildman–Crippen MR) is 78.8 cm³/mol. The standard InChI is InChI=1S/C15H29N3O2/c1-14(2,3)20-13(19)18(16)15(10-7-11-17-15)12-8-5-4-6-9-12/h12,17H,4-11,16H2,1-3H3. The van der Waals surface area contributed by atoms with Gasteiger partial charge in [-0.15, -0.1) is 0 Å². The van der Waals surface area contributed by atoms with Gasteiger partial charge in [0.2, 0.25) is 0 Å². The third-order valence-electron chi connectivity index (χ3n) is 4.47. The number of hydrazine groups is 1. The molecule has 116 valence electrons. The number of nitrogens with zero attached hydrogens (tertiary/aromatic N) is 1. The van der Waals surface area contributed by atoms with Crippen LogP contribution in [0.2, 0.25) is 0 Å². The van der Waals surface area contributed by atoms with Gasteiger partial charge in [-0.25, -0.2) is 15.6 Å². The maximum atomic E-state index is 12.3. The molecule has 3 N–H and O–H groups in total. The molecular weight excluding hydrogens is 254 g/mol. The molecule has 1 amide bonds. The summed E-state index contributed by atoms with van der Waals surface area (Å²) in [6.45, 7) is 6.53. The van der Waals surface area contributed by atoms with Crippen molar-refractivity contribution in [2.24, 2.45) is 11.8 Å². The smallest absolute Gasteiger partial charge is 0.426 e. The van der Waals surface area contributed by atoms with E-state index in [-0.39, 0.29) is 0 Å². The van der Waals surface area contributed by atoms with Crippen LogP contribution in [0, 0.1) is 5.92 Å². The summed E-state index contributed by atoms with van der Waals surface area (Å²) in [6.07, 6.45) is 7.61. The van der Waals surface area contributed by atoms with E-state index in [2.05, 4.69) is 5.32 Å². The van der Waals surface area contributed by atoms with E-state index in [1.54, 1.807) is 0 Å². The fraction of sp³-hybridized carbons (Fsp3) is 0.933. The third-order valence-corrected chi connectivity index (χ3v) is 4.47. The summed E-state index contributed by atoms with van der Waals surface area (Å²) >= 11 is 0. The first-order valence-electron chi connectivity index (χ1n) is 7.88. The van der Waals surface area contributed by atoms with Crippen molar-refractivity contribution in [3.8, 4) is 0 Å². The van der Waals surface area contributed by atoms with Gasteiger partial charge in [0.05, 0.1) is 0 Å². The van der Waals surface area contributed by atoms with E-state index in [1.165, 1.54) is 24.3 Å². The molecule has 20 heavy (non-hydrogen) atoms. The first kappa shape index (κ1) is 15.6. The molecule has 1 aliphatic carbocycles. The second-order valence-electron chi connectivity index (χ2n) is 7.14. The van der Waals surface area contributed by atoms with Gasteiger partial charge in [-0.1, -0.05) is 19.3 Å². The van der Waals surface area contributed by atoms with Crippen molar-refractivity contribution in [3.05, 3.63) is 0 Å². The van der Waals surface area contributed by atoms with Crippen molar-refractivity contribution >= 4 is 6.09 Å². The Kier molecular flexibility index (Phi) is 4.59. The summed E-state index contributed by atoms with van der Waals surface area (Å²) in [5.74, 6) is 6.63. The van der Waals surface area contributed by atoms with Crippen LogP contribution in [-0.2, 0) is 4.74 Å². The van der Waals surface area contributed by atoms with Gasteiger partial charge < -0.3 is 4.74 Å². The van der Waals surface area contributed by atoms with E-state index in [9.17, 15) is 4.79 Å². The third kappa shape index (κ3) is 3.26. The Hall–Kier alpha value is -0.810. The topological polar surface area (TPSA) is 67.6 Å². The molecule has 1 saturated carbocycles. The van der Waals surface area contributed by atoms with Crippen LogP contribution in [0.3, 0.4) is 0 Å². The van der Waals surface area contributed by atoms with Gasteiger partial charge in [-0.05, 0) is 58.9 Å². The van der Waals surface area contributed by atoms with Gasteiger partial charge >= 0.3 is 6.09 Å². The Balaban J connectivity index is 2.12. The van der Waals surface area contributed by atoms with E-state index in [0.717, 1.165) is 32.2 Å². The molecule has 1 unspecified atom stereocenters. The quantitative estimate of drug-likeness (QED) is 0.464. The summed E-state index contributed by atoms with van der Waals surface area (Å²) in [4.78, 5) is 12.3. The molecule has 2 rings (SSSR count). The second-order valence-corrected chi connectivity index (χ2v) is 7.14. The molecule has 0 spiro atoms. The summed E-state index contributed by atoms with van der Waals surface area (Å²) in [5, 5.41) is 4.85. The highest BCUT2D eigenvalue weighted by Gasteiger charge is 2.48. The molecule has 1 aliphatic heterocycles. The van der Waals surface area contributed by atoms with E-state index in [1.807, 2.05) is 20.8 Å². The average molecular weight is 283 g/mol. The highest BCUT2D eigenvalue weighted by atomic mass is 16.6. The first-order valence-corrected chi connectivity index (χ1v) is 7.88. The maximum absolute atomic E-state index is 12.3. The lowest BCUT2D eigenvalue weighted by atomic mass is 9.78. The summed E-state index contributed by atoms with van der Waals surface area (Å²) in [6, 6.07) is 0. The molecule has 0 aromatic rings. The number of amides is 1. The van der Waals surface area contributed by atoms with Gasteiger partial charge in [-0.2, -0.15) is 0 Å². The van der Waals surface area contributed by atoms with Crippen LogP contribution in [0.25, 0.3) is 0 Å². The van der Waals surface area contributed by atoms with Crippen molar-refractivity contribution in [1.29, 1.82) is 0 Å². The molecule has 1 atom stereocenters. The van der Waals surface area contributed by atoms with Gasteiger partial charge in [-0.3, -0.25) is 5.32 Å². The predicted octanol–water partition coefficient (Wildman–Crippen LogP) is 2.76. The summed E-state index contributed by atoms with van der Waals surface area (Å²) < 4.78 is 5.45. The minimum absolute atomic E-state index is 0.400. The minimum Gasteiger partial charge on any atom is -0.443 e. The highest BCUT2D eigenvalue weighted by Crippen LogP contribution is 2.39. The van der Waals surface area contributed by atoms with E-state index in [4.69, 9.17) is 10.6 Å². The van der Waals surface area contributed by atoms with Crippen molar-refractivity contribution in [2.45, 2.75) is 77.0 Å². The largest absolute Gasteiger partial charge is 0.443 e. The van der Waals surface area contributed by atoms with E-state index < -0.39 is 17.4 Å². The molecule has 5 heteroatoms. The van der Waals surface area contributed by atoms with Crippen molar-refractivity contribution in [3.63, 3.8) is 0 Å². The van der Waals surface area contributed by atoms with Crippen LogP contribution in [0.5, 0.6) is 0 Å². The lowest BCUT2D eigenvalue weighted by Crippen LogP contribution is -2.66. The van der Waals surface area contributed by atoms with Crippen LogP contribution < -0.4 is 11.2 Å². The number of nitrogens with two attached hydrogens (primary N) is 1. The normalized spacial score (nSPS) is 28.4. The number of ether oxygens (including phenoxy) is 1. The summed E-state index contributed by atoms with van der Waals surface area (Å²) in [7, 11) is 0. The number of hydrogen-bond donors (Lipinski definition) is 2. The molecule has 0 aromatic carbocycles. The zero-order valence-electron chi connectivity index (χ0n) is 13.1. The fourth-order valence-corrected chi connectivity index (χ4v) is 3.56. The number of carbonyl (C=O) groups excluding carboxylic acids is 1. The van der Waals surface area contributed by atoms with E-state index >= 15 is 0 Å². The molecule has 0 aromatic heterocycles. The van der Waals surface area contributed by atoms with Crippen molar-refractivity contribution < 1.29 is 9.53 Å². The lowest BCUT2D eigenvalue weighted by molar-refractivity contribution is -0.0342. The van der Waals surface area contributed by atoms with Crippen LogP contribution in [0.15, 0.2) is 0 Å².